The van der Waals surface area contributed by atoms with Gasteiger partial charge in [0.25, 0.3) is 0 Å². The number of anilines is 3. The van der Waals surface area contributed by atoms with Crippen LogP contribution in [0.25, 0.3) is 11.4 Å². The van der Waals surface area contributed by atoms with Crippen molar-refractivity contribution in [1.29, 1.82) is 0 Å². The zero-order valence-electron chi connectivity index (χ0n) is 20.0. The van der Waals surface area contributed by atoms with Gasteiger partial charge in [-0.15, -0.1) is 5.10 Å². The van der Waals surface area contributed by atoms with E-state index < -0.39 is 17.6 Å². The van der Waals surface area contributed by atoms with E-state index in [1.54, 1.807) is 0 Å². The smallest absolute Gasteiger partial charge is 0.365 e. The Balaban J connectivity index is 1.63. The second-order valence-electron chi connectivity index (χ2n) is 10.1. The van der Waals surface area contributed by atoms with E-state index in [4.69, 9.17) is 0 Å². The maximum atomic E-state index is 14.6. The number of hydrogen-bond donors (Lipinski definition) is 3. The van der Waals surface area contributed by atoms with E-state index in [0.29, 0.717) is 0 Å². The van der Waals surface area contributed by atoms with E-state index in [0.717, 1.165) is 31.2 Å². The second kappa shape index (κ2) is 8.70. The average Bonchev–Trinajstić information content (AvgIpc) is 3.13. The van der Waals surface area contributed by atoms with Gasteiger partial charge in [-0.1, -0.05) is 0 Å². The third kappa shape index (κ3) is 5.84. The molecule has 9 nitrogen and oxygen atoms in total. The number of nitrogens with zero attached hydrogens (tertiary/aromatic N) is 6. The molecule has 1 aliphatic heterocycles. The van der Waals surface area contributed by atoms with Crippen LogP contribution < -0.4 is 16.0 Å². The van der Waals surface area contributed by atoms with Gasteiger partial charge in [-0.2, -0.15) is 18.2 Å². The van der Waals surface area contributed by atoms with Crippen LogP contribution >= 0.6 is 0 Å². The molecule has 3 heterocycles. The lowest BCUT2D eigenvalue weighted by molar-refractivity contribution is -0.137. The molecular formula is C22H27F4N9. The number of aromatic nitrogens is 6. The normalized spacial score (nSPS) is 17.9. The first-order valence-electron chi connectivity index (χ1n) is 11.0. The van der Waals surface area contributed by atoms with Crippen LogP contribution in [0.4, 0.5) is 35.0 Å². The minimum Gasteiger partial charge on any atom is -0.365 e. The molecule has 1 saturated heterocycles. The monoisotopic (exact) mass is 493 g/mol. The van der Waals surface area contributed by atoms with Crippen molar-refractivity contribution in [2.24, 2.45) is 7.05 Å². The number of alkyl halides is 3. The molecule has 0 radical (unpaired) electrons. The fourth-order valence-electron chi connectivity index (χ4n) is 4.74. The maximum Gasteiger partial charge on any atom is 0.416 e. The van der Waals surface area contributed by atoms with Gasteiger partial charge in [0.05, 0.1) is 11.8 Å². The summed E-state index contributed by atoms with van der Waals surface area (Å²) >= 11 is 0. The van der Waals surface area contributed by atoms with Crippen molar-refractivity contribution in [2.45, 2.75) is 63.8 Å². The Morgan fingerprint density at radius 2 is 1.77 bits per heavy atom. The van der Waals surface area contributed by atoms with E-state index in [-0.39, 0.29) is 46.0 Å². The predicted molar refractivity (Wildman–Crippen MR) is 122 cm³/mol. The zero-order valence-corrected chi connectivity index (χ0v) is 20.0. The van der Waals surface area contributed by atoms with E-state index >= 15 is 0 Å². The highest BCUT2D eigenvalue weighted by molar-refractivity contribution is 5.67. The summed E-state index contributed by atoms with van der Waals surface area (Å²) in [6.07, 6.45) is -2.17. The predicted octanol–water partition coefficient (Wildman–Crippen LogP) is 4.29. The minimum absolute atomic E-state index is 0.0225. The first-order valence-corrected chi connectivity index (χ1v) is 11.0. The Labute approximate surface area is 199 Å². The first-order chi connectivity index (χ1) is 16.2. The molecule has 13 heteroatoms. The number of benzene rings is 1. The van der Waals surface area contributed by atoms with Crippen LogP contribution in [0, 0.1) is 5.82 Å². The largest absolute Gasteiger partial charge is 0.416 e. The Hall–Kier alpha value is -3.35. The Morgan fingerprint density at radius 3 is 2.37 bits per heavy atom. The van der Waals surface area contributed by atoms with Crippen LogP contribution in [0.15, 0.2) is 24.4 Å². The van der Waals surface area contributed by atoms with Crippen molar-refractivity contribution < 1.29 is 17.6 Å². The van der Waals surface area contributed by atoms with Gasteiger partial charge in [-0.05, 0) is 69.2 Å². The molecule has 35 heavy (non-hydrogen) atoms. The summed E-state index contributed by atoms with van der Waals surface area (Å²) in [5.41, 5.74) is -1.05. The van der Waals surface area contributed by atoms with Gasteiger partial charge in [0.1, 0.15) is 0 Å². The number of piperidine rings is 1. The first kappa shape index (κ1) is 24.8. The summed E-state index contributed by atoms with van der Waals surface area (Å²) < 4.78 is 56.5. The Kier molecular flexibility index (Phi) is 6.16. The number of aryl methyl sites for hydroxylation is 1. The molecule has 1 aliphatic rings. The summed E-state index contributed by atoms with van der Waals surface area (Å²) in [5, 5.41) is 20.4. The highest BCUT2D eigenvalue weighted by Crippen LogP contribution is 2.35. The number of hydrogen-bond acceptors (Lipinski definition) is 8. The fraction of sp³-hybridized carbons (Fsp3) is 0.500. The molecule has 0 amide bonds. The Morgan fingerprint density at radius 1 is 1.09 bits per heavy atom. The fourth-order valence-corrected chi connectivity index (χ4v) is 4.74. The standard InChI is InChI=1S/C22H27F4N9/c1-20(2)9-15(10-21(3,4)32-20)28-17-16(23)11-27-19(30-17)29-14-7-12(18-31-33-34-35(18)5)6-13(8-14)22(24,25)26/h6-8,11,15,32H,9-10H2,1-5H3,(H2,27,28,29,30). The summed E-state index contributed by atoms with van der Waals surface area (Å²) in [7, 11) is 1.52. The van der Waals surface area contributed by atoms with E-state index in [9.17, 15) is 17.6 Å². The number of nitrogens with one attached hydrogen (secondary N) is 3. The molecule has 0 saturated carbocycles. The maximum absolute atomic E-state index is 14.6. The molecular weight excluding hydrogens is 466 g/mol. The number of halogens is 4. The third-order valence-electron chi connectivity index (χ3n) is 5.67. The van der Waals surface area contributed by atoms with Crippen molar-refractivity contribution in [1.82, 2.24) is 35.5 Å². The number of tetrazole rings is 1. The van der Waals surface area contributed by atoms with E-state index in [1.807, 2.05) is 0 Å². The highest BCUT2D eigenvalue weighted by atomic mass is 19.4. The van der Waals surface area contributed by atoms with Crippen molar-refractivity contribution in [2.75, 3.05) is 10.6 Å². The van der Waals surface area contributed by atoms with Gasteiger partial charge in [0.2, 0.25) is 5.95 Å². The lowest BCUT2D eigenvalue weighted by atomic mass is 9.79. The lowest BCUT2D eigenvalue weighted by Gasteiger charge is -2.46. The third-order valence-corrected chi connectivity index (χ3v) is 5.67. The quantitative estimate of drug-likeness (QED) is 0.452. The van der Waals surface area contributed by atoms with Crippen LogP contribution in [0.5, 0.6) is 0 Å². The molecule has 0 spiro atoms. The summed E-state index contributed by atoms with van der Waals surface area (Å²) in [6.45, 7) is 8.29. The van der Waals surface area contributed by atoms with Gasteiger partial charge >= 0.3 is 6.18 Å². The molecule has 1 fully saturated rings. The van der Waals surface area contributed by atoms with E-state index in [2.05, 4.69) is 69.1 Å². The van der Waals surface area contributed by atoms with Gasteiger partial charge < -0.3 is 16.0 Å². The van der Waals surface area contributed by atoms with Crippen LogP contribution in [0.1, 0.15) is 46.1 Å². The molecule has 3 N–H and O–H groups in total. The molecule has 4 rings (SSSR count). The van der Waals surface area contributed by atoms with Gasteiger partial charge in [-0.25, -0.2) is 14.1 Å². The molecule has 0 aliphatic carbocycles. The zero-order chi connectivity index (χ0) is 25.6. The topological polar surface area (TPSA) is 105 Å². The minimum atomic E-state index is -4.61. The lowest BCUT2D eigenvalue weighted by Crippen LogP contribution is -2.60. The van der Waals surface area contributed by atoms with Crippen LogP contribution in [-0.4, -0.2) is 47.3 Å². The SMILES string of the molecule is Cn1nnnc1-c1cc(Nc2ncc(F)c(NC3CC(C)(C)NC(C)(C)C3)n2)cc(C(F)(F)F)c1. The van der Waals surface area contributed by atoms with Crippen LogP contribution in [0.2, 0.25) is 0 Å². The van der Waals surface area contributed by atoms with Crippen molar-refractivity contribution in [3.63, 3.8) is 0 Å². The van der Waals surface area contributed by atoms with Gasteiger partial charge in [0.15, 0.2) is 17.5 Å². The summed E-state index contributed by atoms with van der Waals surface area (Å²) in [5.74, 6) is -0.578. The molecule has 1 aromatic carbocycles. The molecule has 2 aromatic heterocycles. The Bertz CT molecular complexity index is 1200. The van der Waals surface area contributed by atoms with E-state index in [1.165, 1.54) is 17.8 Å². The molecule has 0 atom stereocenters. The number of rotatable bonds is 5. The van der Waals surface area contributed by atoms with Crippen molar-refractivity contribution >= 4 is 17.5 Å². The molecule has 188 valence electrons. The average molecular weight is 494 g/mol. The molecule has 3 aromatic rings. The van der Waals surface area contributed by atoms with Crippen LogP contribution in [0.3, 0.4) is 0 Å². The van der Waals surface area contributed by atoms with Crippen molar-refractivity contribution in [3.8, 4) is 11.4 Å². The molecule has 0 unspecified atom stereocenters. The van der Waals surface area contributed by atoms with Gasteiger partial charge in [0, 0.05) is 35.4 Å². The summed E-state index contributed by atoms with van der Waals surface area (Å²) in [4.78, 5) is 8.11. The second-order valence-corrected chi connectivity index (χ2v) is 10.1. The van der Waals surface area contributed by atoms with Crippen LogP contribution in [-0.2, 0) is 13.2 Å². The summed E-state index contributed by atoms with van der Waals surface area (Å²) in [6, 6.07) is 3.25. The van der Waals surface area contributed by atoms with Crippen molar-refractivity contribution in [3.05, 3.63) is 35.8 Å². The highest BCUT2D eigenvalue weighted by Gasteiger charge is 2.38. The van der Waals surface area contributed by atoms with Gasteiger partial charge in [-0.3, -0.25) is 0 Å². The molecule has 0 bridgehead atoms.